The first-order valence-corrected chi connectivity index (χ1v) is 10.3. The SMILES string of the molecule is O=C(CCN1C(=O)[C@H]2CCCC[C@@H]2C1=O)Oc1ccccc1Cc1ccccc1. The van der Waals surface area contributed by atoms with E-state index < -0.39 is 5.97 Å². The summed E-state index contributed by atoms with van der Waals surface area (Å²) in [4.78, 5) is 38.8. The number of carbonyl (C=O) groups excluding carboxylic acids is 3. The number of imide groups is 1. The molecule has 0 radical (unpaired) electrons. The van der Waals surface area contributed by atoms with Crippen LogP contribution in [0.2, 0.25) is 0 Å². The van der Waals surface area contributed by atoms with E-state index in [-0.39, 0.29) is 36.6 Å². The molecule has 0 aromatic heterocycles. The Labute approximate surface area is 170 Å². The number of benzene rings is 2. The second-order valence-electron chi connectivity index (χ2n) is 7.82. The highest BCUT2D eigenvalue weighted by Crippen LogP contribution is 2.38. The lowest BCUT2D eigenvalue weighted by molar-refractivity contribution is -0.141. The number of hydrogen-bond acceptors (Lipinski definition) is 4. The van der Waals surface area contributed by atoms with E-state index in [2.05, 4.69) is 0 Å². The zero-order valence-electron chi connectivity index (χ0n) is 16.4. The molecule has 2 amide bonds. The number of carbonyl (C=O) groups is 3. The zero-order valence-corrected chi connectivity index (χ0v) is 16.4. The summed E-state index contributed by atoms with van der Waals surface area (Å²) in [6.45, 7) is 0.102. The van der Waals surface area contributed by atoms with E-state index in [1.54, 1.807) is 6.07 Å². The Kier molecular flexibility index (Phi) is 5.74. The number of amides is 2. The minimum absolute atomic E-state index is 0.0105. The van der Waals surface area contributed by atoms with Crippen molar-refractivity contribution < 1.29 is 19.1 Å². The molecule has 0 N–H and O–H groups in total. The molecule has 0 bridgehead atoms. The normalized spacial score (nSPS) is 21.2. The molecule has 2 fully saturated rings. The van der Waals surface area contributed by atoms with Gasteiger partial charge in [0.15, 0.2) is 0 Å². The van der Waals surface area contributed by atoms with Crippen LogP contribution in [0.25, 0.3) is 0 Å². The van der Waals surface area contributed by atoms with Gasteiger partial charge in [-0.25, -0.2) is 0 Å². The molecule has 0 spiro atoms. The number of para-hydroxylation sites is 1. The van der Waals surface area contributed by atoms with Crippen LogP contribution < -0.4 is 4.74 Å². The van der Waals surface area contributed by atoms with Crippen LogP contribution in [0.15, 0.2) is 54.6 Å². The quantitative estimate of drug-likeness (QED) is 0.427. The van der Waals surface area contributed by atoms with Gasteiger partial charge in [-0.2, -0.15) is 0 Å². The van der Waals surface area contributed by atoms with E-state index in [4.69, 9.17) is 4.74 Å². The van der Waals surface area contributed by atoms with E-state index in [0.717, 1.165) is 36.8 Å². The fourth-order valence-corrected chi connectivity index (χ4v) is 4.39. The van der Waals surface area contributed by atoms with E-state index >= 15 is 0 Å². The third-order valence-corrected chi connectivity index (χ3v) is 5.91. The Morgan fingerprint density at radius 1 is 0.897 bits per heavy atom. The molecule has 1 aliphatic heterocycles. The van der Waals surface area contributed by atoms with Crippen LogP contribution in [-0.2, 0) is 20.8 Å². The standard InChI is InChI=1S/C24H25NO4/c26-22(14-15-25-23(27)19-11-5-6-12-20(19)24(25)28)29-21-13-7-4-10-18(21)16-17-8-2-1-3-9-17/h1-4,7-10,13,19-20H,5-6,11-12,14-16H2/t19-,20-/m0/s1. The van der Waals surface area contributed by atoms with Crippen molar-refractivity contribution in [3.63, 3.8) is 0 Å². The van der Waals surface area contributed by atoms with E-state index in [1.165, 1.54) is 4.90 Å². The van der Waals surface area contributed by atoms with Crippen LogP contribution >= 0.6 is 0 Å². The van der Waals surface area contributed by atoms with Gasteiger partial charge in [-0.15, -0.1) is 0 Å². The average molecular weight is 391 g/mol. The first-order chi connectivity index (χ1) is 14.1. The van der Waals surface area contributed by atoms with Crippen molar-refractivity contribution in [1.29, 1.82) is 0 Å². The van der Waals surface area contributed by atoms with Crippen LogP contribution in [0, 0.1) is 11.8 Å². The topological polar surface area (TPSA) is 63.7 Å². The van der Waals surface area contributed by atoms with E-state index in [9.17, 15) is 14.4 Å². The minimum Gasteiger partial charge on any atom is -0.426 e. The largest absolute Gasteiger partial charge is 0.426 e. The van der Waals surface area contributed by atoms with Gasteiger partial charge in [0.1, 0.15) is 5.75 Å². The first kappa shape index (κ1) is 19.4. The Balaban J connectivity index is 1.37. The smallest absolute Gasteiger partial charge is 0.313 e. The van der Waals surface area contributed by atoms with Crippen LogP contribution in [0.5, 0.6) is 5.75 Å². The molecule has 4 rings (SSSR count). The summed E-state index contributed by atoms with van der Waals surface area (Å²) in [6.07, 6.45) is 4.22. The summed E-state index contributed by atoms with van der Waals surface area (Å²) >= 11 is 0. The van der Waals surface area contributed by atoms with E-state index in [1.807, 2.05) is 48.5 Å². The molecule has 29 heavy (non-hydrogen) atoms. The number of nitrogens with zero attached hydrogens (tertiary/aromatic N) is 1. The second-order valence-corrected chi connectivity index (χ2v) is 7.82. The molecule has 5 nitrogen and oxygen atoms in total. The van der Waals surface area contributed by atoms with Gasteiger partial charge >= 0.3 is 5.97 Å². The fourth-order valence-electron chi connectivity index (χ4n) is 4.39. The van der Waals surface area contributed by atoms with Crippen molar-refractivity contribution in [2.45, 2.75) is 38.5 Å². The van der Waals surface area contributed by atoms with Gasteiger partial charge in [0, 0.05) is 13.0 Å². The van der Waals surface area contributed by atoms with Gasteiger partial charge in [0.2, 0.25) is 11.8 Å². The second kappa shape index (κ2) is 8.60. The van der Waals surface area contributed by atoms with Crippen LogP contribution in [0.1, 0.15) is 43.2 Å². The maximum atomic E-state index is 12.5. The van der Waals surface area contributed by atoms with Gasteiger partial charge in [0.25, 0.3) is 0 Å². The molecule has 1 heterocycles. The molecular weight excluding hydrogens is 366 g/mol. The molecule has 150 valence electrons. The third kappa shape index (κ3) is 4.24. The molecule has 2 aromatic carbocycles. The van der Waals surface area contributed by atoms with Crippen molar-refractivity contribution in [3.8, 4) is 5.75 Å². The molecule has 5 heteroatoms. The Morgan fingerprint density at radius 2 is 1.52 bits per heavy atom. The van der Waals surface area contributed by atoms with Gasteiger partial charge in [-0.3, -0.25) is 19.3 Å². The average Bonchev–Trinajstić information content (AvgIpc) is 2.99. The number of likely N-dealkylation sites (tertiary alicyclic amines) is 1. The lowest BCUT2D eigenvalue weighted by Gasteiger charge is -2.19. The summed E-state index contributed by atoms with van der Waals surface area (Å²) in [5.74, 6) is -0.498. The molecule has 1 aliphatic carbocycles. The van der Waals surface area contributed by atoms with Crippen LogP contribution in [0.4, 0.5) is 0 Å². The number of fused-ring (bicyclic) bond motifs is 1. The van der Waals surface area contributed by atoms with Gasteiger partial charge < -0.3 is 4.74 Å². The van der Waals surface area contributed by atoms with Gasteiger partial charge in [-0.05, 0) is 30.0 Å². The number of rotatable bonds is 6. The summed E-state index contributed by atoms with van der Waals surface area (Å²) in [6, 6.07) is 17.4. The summed E-state index contributed by atoms with van der Waals surface area (Å²) in [5, 5.41) is 0. The maximum Gasteiger partial charge on any atom is 0.313 e. The molecule has 2 aliphatic rings. The Hall–Kier alpha value is -2.95. The lowest BCUT2D eigenvalue weighted by atomic mass is 9.81. The van der Waals surface area contributed by atoms with Crippen molar-refractivity contribution in [3.05, 3.63) is 65.7 Å². The van der Waals surface area contributed by atoms with E-state index in [0.29, 0.717) is 12.2 Å². The lowest BCUT2D eigenvalue weighted by Crippen LogP contribution is -2.33. The summed E-state index contributed by atoms with van der Waals surface area (Å²) in [7, 11) is 0. The maximum absolute atomic E-state index is 12.5. The molecule has 2 aromatic rings. The van der Waals surface area contributed by atoms with Crippen molar-refractivity contribution in [2.75, 3.05) is 6.54 Å². The monoisotopic (exact) mass is 391 g/mol. The first-order valence-electron chi connectivity index (χ1n) is 10.3. The van der Waals surface area contributed by atoms with Crippen LogP contribution in [0.3, 0.4) is 0 Å². The van der Waals surface area contributed by atoms with Gasteiger partial charge in [-0.1, -0.05) is 61.4 Å². The van der Waals surface area contributed by atoms with Crippen molar-refractivity contribution in [2.24, 2.45) is 11.8 Å². The number of ether oxygens (including phenoxy) is 1. The third-order valence-electron chi connectivity index (χ3n) is 5.91. The Morgan fingerprint density at radius 3 is 2.21 bits per heavy atom. The predicted octanol–water partition coefficient (Wildman–Crippen LogP) is 3.75. The molecule has 1 saturated carbocycles. The molecule has 1 saturated heterocycles. The highest BCUT2D eigenvalue weighted by atomic mass is 16.5. The number of hydrogen-bond donors (Lipinski definition) is 0. The predicted molar refractivity (Wildman–Crippen MR) is 108 cm³/mol. The van der Waals surface area contributed by atoms with Crippen LogP contribution in [-0.4, -0.2) is 29.2 Å². The fraction of sp³-hybridized carbons (Fsp3) is 0.375. The molecule has 0 unspecified atom stereocenters. The van der Waals surface area contributed by atoms with Crippen molar-refractivity contribution in [1.82, 2.24) is 4.90 Å². The minimum atomic E-state index is -0.430. The molecule has 2 atom stereocenters. The summed E-state index contributed by atoms with van der Waals surface area (Å²) < 4.78 is 5.58. The van der Waals surface area contributed by atoms with Crippen molar-refractivity contribution >= 4 is 17.8 Å². The number of esters is 1. The molecular formula is C24H25NO4. The summed E-state index contributed by atoms with van der Waals surface area (Å²) in [5.41, 5.74) is 2.05. The highest BCUT2D eigenvalue weighted by molar-refractivity contribution is 6.05. The Bertz CT molecular complexity index is 884. The van der Waals surface area contributed by atoms with Gasteiger partial charge in [0.05, 0.1) is 18.3 Å². The highest BCUT2D eigenvalue weighted by Gasteiger charge is 2.47. The zero-order chi connectivity index (χ0) is 20.2.